The summed E-state index contributed by atoms with van der Waals surface area (Å²) in [7, 11) is 0. The number of thiophene rings is 2. The van der Waals surface area contributed by atoms with E-state index in [1.165, 1.54) is 22.7 Å². The molecule has 0 aliphatic carbocycles. The van der Waals surface area contributed by atoms with Crippen LogP contribution in [0, 0.1) is 0 Å². The third kappa shape index (κ3) is 4.00. The van der Waals surface area contributed by atoms with Gasteiger partial charge in [-0.15, -0.1) is 11.3 Å². The Balaban J connectivity index is 1.89. The number of rotatable bonds is 7. The Kier molecular flexibility index (Phi) is 5.46. The van der Waals surface area contributed by atoms with Gasteiger partial charge >= 0.3 is 0 Å². The monoisotopic (exact) mass is 309 g/mol. The second kappa shape index (κ2) is 7.33. The minimum atomic E-state index is -0.147. The van der Waals surface area contributed by atoms with Gasteiger partial charge in [0.1, 0.15) is 6.61 Å². The van der Waals surface area contributed by atoms with Crippen LogP contribution in [0.15, 0.2) is 29.0 Å². The van der Waals surface area contributed by atoms with Crippen LogP contribution in [0.2, 0.25) is 0 Å². The van der Waals surface area contributed by atoms with Gasteiger partial charge in [-0.05, 0) is 30.5 Å². The molecule has 0 aliphatic rings. The number of nitrogens with one attached hydrogen (secondary N) is 1. The maximum absolute atomic E-state index is 12.1. The standard InChI is InChI=1S/C14H15NO3S2/c1-2-18-8-13(16)15-7-11-3-4-12(20-11)14(17)10-5-6-19-9-10/h3-6,9H,2,7-8H2,1H3,(H,15,16). The summed E-state index contributed by atoms with van der Waals surface area (Å²) in [6, 6.07) is 5.48. The van der Waals surface area contributed by atoms with Crippen LogP contribution in [0.4, 0.5) is 0 Å². The first-order valence-corrected chi connectivity index (χ1v) is 7.96. The van der Waals surface area contributed by atoms with Crippen molar-refractivity contribution in [3.8, 4) is 0 Å². The van der Waals surface area contributed by atoms with Crippen molar-refractivity contribution in [2.75, 3.05) is 13.2 Å². The molecule has 0 saturated carbocycles. The predicted octanol–water partition coefficient (Wildman–Crippen LogP) is 2.69. The number of ketones is 1. The third-order valence-electron chi connectivity index (χ3n) is 2.57. The van der Waals surface area contributed by atoms with Gasteiger partial charge in [0.2, 0.25) is 11.7 Å². The van der Waals surface area contributed by atoms with Crippen molar-refractivity contribution in [1.82, 2.24) is 5.32 Å². The van der Waals surface area contributed by atoms with Gasteiger partial charge in [0, 0.05) is 22.4 Å². The van der Waals surface area contributed by atoms with Crippen LogP contribution in [-0.2, 0) is 16.1 Å². The molecule has 0 spiro atoms. The minimum Gasteiger partial charge on any atom is -0.372 e. The van der Waals surface area contributed by atoms with Crippen molar-refractivity contribution in [1.29, 1.82) is 0 Å². The Morgan fingerprint density at radius 3 is 2.85 bits per heavy atom. The van der Waals surface area contributed by atoms with Crippen molar-refractivity contribution < 1.29 is 14.3 Å². The molecule has 1 N–H and O–H groups in total. The molecule has 2 heterocycles. The summed E-state index contributed by atoms with van der Waals surface area (Å²) in [5, 5.41) is 6.48. The molecule has 6 heteroatoms. The average molecular weight is 309 g/mol. The number of amides is 1. The van der Waals surface area contributed by atoms with Crippen LogP contribution in [0.3, 0.4) is 0 Å². The Morgan fingerprint density at radius 1 is 1.30 bits per heavy atom. The van der Waals surface area contributed by atoms with Crippen molar-refractivity contribution in [2.24, 2.45) is 0 Å². The van der Waals surface area contributed by atoms with Crippen LogP contribution in [-0.4, -0.2) is 24.9 Å². The highest BCUT2D eigenvalue weighted by atomic mass is 32.1. The Morgan fingerprint density at radius 2 is 2.15 bits per heavy atom. The summed E-state index contributed by atoms with van der Waals surface area (Å²) in [5.41, 5.74) is 0.712. The molecule has 0 unspecified atom stereocenters. The molecule has 0 radical (unpaired) electrons. The quantitative estimate of drug-likeness (QED) is 0.800. The number of ether oxygens (including phenoxy) is 1. The molecule has 0 aliphatic heterocycles. The molecule has 2 aromatic rings. The smallest absolute Gasteiger partial charge is 0.246 e. The zero-order chi connectivity index (χ0) is 14.4. The molecule has 0 fully saturated rings. The normalized spacial score (nSPS) is 10.4. The first-order chi connectivity index (χ1) is 9.70. The number of carbonyl (C=O) groups excluding carboxylic acids is 2. The summed E-state index contributed by atoms with van der Waals surface area (Å²) >= 11 is 2.91. The van der Waals surface area contributed by atoms with E-state index in [-0.39, 0.29) is 18.3 Å². The number of hydrogen-bond donors (Lipinski definition) is 1. The lowest BCUT2D eigenvalue weighted by molar-refractivity contribution is -0.125. The second-order valence-corrected chi connectivity index (χ2v) is 5.97. The van der Waals surface area contributed by atoms with E-state index in [1.807, 2.05) is 29.8 Å². The van der Waals surface area contributed by atoms with E-state index in [4.69, 9.17) is 4.74 Å². The maximum atomic E-state index is 12.1. The van der Waals surface area contributed by atoms with Crippen molar-refractivity contribution in [3.05, 3.63) is 44.3 Å². The van der Waals surface area contributed by atoms with Gasteiger partial charge in [-0.25, -0.2) is 0 Å². The maximum Gasteiger partial charge on any atom is 0.246 e. The molecule has 0 atom stereocenters. The fourth-order valence-electron chi connectivity index (χ4n) is 1.56. The van der Waals surface area contributed by atoms with Crippen molar-refractivity contribution in [3.63, 3.8) is 0 Å². The summed E-state index contributed by atoms with van der Waals surface area (Å²) in [4.78, 5) is 25.2. The lowest BCUT2D eigenvalue weighted by atomic mass is 10.2. The highest BCUT2D eigenvalue weighted by Crippen LogP contribution is 2.21. The summed E-state index contributed by atoms with van der Waals surface area (Å²) < 4.78 is 5.01. The van der Waals surface area contributed by atoms with E-state index in [0.717, 1.165) is 4.88 Å². The predicted molar refractivity (Wildman–Crippen MR) is 80.4 cm³/mol. The largest absolute Gasteiger partial charge is 0.372 e. The van der Waals surface area contributed by atoms with Gasteiger partial charge < -0.3 is 10.1 Å². The van der Waals surface area contributed by atoms with E-state index in [1.54, 1.807) is 6.07 Å². The molecule has 4 nitrogen and oxygen atoms in total. The second-order valence-electron chi connectivity index (χ2n) is 4.02. The first-order valence-electron chi connectivity index (χ1n) is 6.20. The summed E-state index contributed by atoms with van der Waals surface area (Å²) in [5.74, 6) is -0.117. The summed E-state index contributed by atoms with van der Waals surface area (Å²) in [6.07, 6.45) is 0. The molecule has 1 amide bonds. The molecule has 0 saturated heterocycles. The Bertz CT molecular complexity index is 575. The van der Waals surface area contributed by atoms with Gasteiger partial charge in [0.25, 0.3) is 0 Å². The highest BCUT2D eigenvalue weighted by molar-refractivity contribution is 7.14. The molecule has 2 rings (SSSR count). The van der Waals surface area contributed by atoms with Crippen LogP contribution in [0.1, 0.15) is 27.0 Å². The van der Waals surface area contributed by atoms with E-state index in [2.05, 4.69) is 5.32 Å². The number of hydrogen-bond acceptors (Lipinski definition) is 5. The van der Waals surface area contributed by atoms with E-state index >= 15 is 0 Å². The van der Waals surface area contributed by atoms with Gasteiger partial charge in [0.15, 0.2) is 0 Å². The van der Waals surface area contributed by atoms with Crippen LogP contribution in [0.5, 0.6) is 0 Å². The fraction of sp³-hybridized carbons (Fsp3) is 0.286. The Labute approximate surface area is 125 Å². The zero-order valence-electron chi connectivity index (χ0n) is 11.0. The molecular weight excluding hydrogens is 294 g/mol. The van der Waals surface area contributed by atoms with Gasteiger partial charge in [-0.3, -0.25) is 9.59 Å². The van der Waals surface area contributed by atoms with E-state index in [9.17, 15) is 9.59 Å². The van der Waals surface area contributed by atoms with E-state index < -0.39 is 0 Å². The van der Waals surface area contributed by atoms with Gasteiger partial charge in [-0.1, -0.05) is 0 Å². The third-order valence-corrected chi connectivity index (χ3v) is 4.33. The molecule has 2 aromatic heterocycles. The Hall–Kier alpha value is -1.50. The zero-order valence-corrected chi connectivity index (χ0v) is 12.7. The lowest BCUT2D eigenvalue weighted by Crippen LogP contribution is -2.26. The molecular formula is C14H15NO3S2. The number of carbonyl (C=O) groups is 2. The molecule has 0 bridgehead atoms. The highest BCUT2D eigenvalue weighted by Gasteiger charge is 2.12. The van der Waals surface area contributed by atoms with Crippen LogP contribution >= 0.6 is 22.7 Å². The molecule has 20 heavy (non-hydrogen) atoms. The van der Waals surface area contributed by atoms with Gasteiger partial charge in [0.05, 0.1) is 11.4 Å². The minimum absolute atomic E-state index is 0.0307. The van der Waals surface area contributed by atoms with E-state index in [0.29, 0.717) is 23.6 Å². The lowest BCUT2D eigenvalue weighted by Gasteiger charge is -2.03. The van der Waals surface area contributed by atoms with Crippen LogP contribution in [0.25, 0.3) is 0 Å². The van der Waals surface area contributed by atoms with Crippen LogP contribution < -0.4 is 5.32 Å². The molecule has 0 aromatic carbocycles. The first kappa shape index (κ1) is 14.9. The molecule has 106 valence electrons. The summed E-state index contributed by atoms with van der Waals surface area (Å²) in [6.45, 7) is 2.86. The average Bonchev–Trinajstić information content (AvgIpc) is 3.12. The van der Waals surface area contributed by atoms with Crippen molar-refractivity contribution >= 4 is 34.4 Å². The van der Waals surface area contributed by atoms with Crippen molar-refractivity contribution in [2.45, 2.75) is 13.5 Å². The van der Waals surface area contributed by atoms with Gasteiger partial charge in [-0.2, -0.15) is 11.3 Å². The fourth-order valence-corrected chi connectivity index (χ4v) is 3.11. The SMILES string of the molecule is CCOCC(=O)NCc1ccc(C(=O)c2ccsc2)s1. The topological polar surface area (TPSA) is 55.4 Å².